The smallest absolute Gasteiger partial charge is 0.314 e. The van der Waals surface area contributed by atoms with Crippen molar-refractivity contribution >= 4 is 16.8 Å². The Balaban J connectivity index is 2.31. The third kappa shape index (κ3) is 7.00. The van der Waals surface area contributed by atoms with Gasteiger partial charge in [0.25, 0.3) is 0 Å². The quantitative estimate of drug-likeness (QED) is 0.702. The predicted octanol–water partition coefficient (Wildman–Crippen LogP) is 1.57. The highest BCUT2D eigenvalue weighted by Gasteiger charge is 2.19. The maximum atomic E-state index is 11.8. The normalized spacial score (nSPS) is 14.0. The van der Waals surface area contributed by atoms with Crippen LogP contribution in [0.2, 0.25) is 0 Å². The van der Waals surface area contributed by atoms with Crippen LogP contribution in [0.25, 0.3) is 0 Å². The van der Waals surface area contributed by atoms with Crippen LogP contribution in [0.3, 0.4) is 0 Å². The minimum absolute atomic E-state index is 0.0977. The number of ether oxygens (including phenoxy) is 1. The Hall–Kier alpha value is -1.60. The maximum absolute atomic E-state index is 11.8. The van der Waals surface area contributed by atoms with Gasteiger partial charge in [-0.05, 0) is 38.5 Å². The lowest BCUT2D eigenvalue weighted by molar-refractivity contribution is 0.173. The van der Waals surface area contributed by atoms with Crippen LogP contribution in [-0.4, -0.2) is 46.0 Å². The Morgan fingerprint density at radius 1 is 1.26 bits per heavy atom. The Morgan fingerprint density at radius 2 is 1.87 bits per heavy atom. The van der Waals surface area contributed by atoms with Crippen LogP contribution in [0.1, 0.15) is 32.4 Å². The highest BCUT2D eigenvalue weighted by molar-refractivity contribution is 7.86. The van der Waals surface area contributed by atoms with Crippen molar-refractivity contribution in [2.24, 2.45) is 0 Å². The van der Waals surface area contributed by atoms with Gasteiger partial charge in [0.2, 0.25) is 0 Å². The Morgan fingerprint density at radius 3 is 2.39 bits per heavy atom. The van der Waals surface area contributed by atoms with E-state index in [1.807, 2.05) is 20.8 Å². The first-order valence-corrected chi connectivity index (χ1v) is 8.78. The predicted molar refractivity (Wildman–Crippen MR) is 92.1 cm³/mol. The second kappa shape index (κ2) is 8.88. The number of rotatable bonds is 7. The van der Waals surface area contributed by atoms with Crippen LogP contribution in [0, 0.1) is 0 Å². The van der Waals surface area contributed by atoms with Crippen LogP contribution < -0.4 is 15.4 Å². The molecule has 0 saturated carbocycles. The average molecular weight is 342 g/mol. The summed E-state index contributed by atoms with van der Waals surface area (Å²) in [7, 11) is 0.570. The lowest BCUT2D eigenvalue weighted by Gasteiger charge is -2.18. The molecule has 1 aromatic rings. The van der Waals surface area contributed by atoms with Gasteiger partial charge in [0.15, 0.2) is 0 Å². The molecular weight excluding hydrogens is 316 g/mol. The monoisotopic (exact) mass is 342 g/mol. The molecule has 0 aromatic heterocycles. The molecule has 0 heterocycles. The fraction of sp³-hybridized carbons (Fsp3) is 0.562. The summed E-state index contributed by atoms with van der Waals surface area (Å²) in [5, 5.41) is 15.2. The van der Waals surface area contributed by atoms with Crippen molar-refractivity contribution in [3.05, 3.63) is 29.8 Å². The number of aliphatic hydroxyl groups excluding tert-OH is 1. The molecule has 0 spiro atoms. The zero-order valence-electron chi connectivity index (χ0n) is 14.1. The number of hydrogen-bond acceptors (Lipinski definition) is 4. The van der Waals surface area contributed by atoms with Gasteiger partial charge in [0.1, 0.15) is 5.75 Å². The molecule has 1 rings (SSSR count). The van der Waals surface area contributed by atoms with E-state index in [2.05, 4.69) is 10.6 Å². The Labute approximate surface area is 140 Å². The van der Waals surface area contributed by atoms with E-state index in [1.165, 1.54) is 0 Å². The van der Waals surface area contributed by atoms with E-state index in [9.17, 15) is 14.1 Å². The molecule has 0 aliphatic carbocycles. The van der Waals surface area contributed by atoms with Crippen LogP contribution in [0.4, 0.5) is 4.79 Å². The highest BCUT2D eigenvalue weighted by atomic mass is 32.2. The number of amides is 2. The molecule has 0 saturated heterocycles. The molecule has 0 radical (unpaired) electrons. The van der Waals surface area contributed by atoms with E-state index in [4.69, 9.17) is 4.74 Å². The van der Waals surface area contributed by atoms with E-state index in [0.29, 0.717) is 23.6 Å². The first-order valence-electron chi connectivity index (χ1n) is 7.46. The molecule has 23 heavy (non-hydrogen) atoms. The minimum atomic E-state index is -1.00. The molecule has 1 aromatic carbocycles. The lowest BCUT2D eigenvalue weighted by Crippen LogP contribution is -2.40. The van der Waals surface area contributed by atoms with Gasteiger partial charge < -0.3 is 20.5 Å². The fourth-order valence-corrected chi connectivity index (χ4v) is 2.66. The van der Waals surface area contributed by atoms with E-state index in [1.54, 1.807) is 31.4 Å². The first-order chi connectivity index (χ1) is 10.7. The topological polar surface area (TPSA) is 87.7 Å². The van der Waals surface area contributed by atoms with E-state index in [0.717, 1.165) is 0 Å². The largest absolute Gasteiger partial charge is 0.497 e. The molecule has 3 N–H and O–H groups in total. The highest BCUT2D eigenvalue weighted by Crippen LogP contribution is 2.16. The summed E-state index contributed by atoms with van der Waals surface area (Å²) in [5.41, 5.74) is 0.694. The number of urea groups is 1. The molecular formula is C16H26N2O4S. The molecule has 2 atom stereocenters. The average Bonchev–Trinajstić information content (AvgIpc) is 2.51. The third-order valence-electron chi connectivity index (χ3n) is 3.21. The zero-order valence-corrected chi connectivity index (χ0v) is 14.9. The van der Waals surface area contributed by atoms with Gasteiger partial charge in [-0.15, -0.1) is 0 Å². The molecule has 0 bridgehead atoms. The summed E-state index contributed by atoms with van der Waals surface area (Å²) >= 11 is 0. The van der Waals surface area contributed by atoms with Gasteiger partial charge in [-0.3, -0.25) is 4.21 Å². The third-order valence-corrected chi connectivity index (χ3v) is 5.15. The number of benzene rings is 1. The van der Waals surface area contributed by atoms with Gasteiger partial charge in [0, 0.05) is 34.4 Å². The number of carbonyl (C=O) groups is 1. The molecule has 130 valence electrons. The summed E-state index contributed by atoms with van der Waals surface area (Å²) in [4.78, 5) is 11.7. The van der Waals surface area contributed by atoms with Gasteiger partial charge in [-0.1, -0.05) is 12.1 Å². The lowest BCUT2D eigenvalue weighted by atomic mass is 10.1. The van der Waals surface area contributed by atoms with E-state index >= 15 is 0 Å². The second-order valence-electron chi connectivity index (χ2n) is 6.09. The van der Waals surface area contributed by atoms with Gasteiger partial charge in [0.05, 0.1) is 13.2 Å². The number of carbonyl (C=O) groups excluding carboxylic acids is 1. The molecule has 6 nitrogen and oxygen atoms in total. The molecule has 0 aliphatic heterocycles. The Bertz CT molecular complexity index is 526. The maximum Gasteiger partial charge on any atom is 0.314 e. The van der Waals surface area contributed by atoms with Crippen molar-refractivity contribution < 1.29 is 18.8 Å². The SMILES string of the molecule is COc1ccc([C@H](O)CNC(=O)NCC[S@@](=O)C(C)(C)C)cc1. The van der Waals surface area contributed by atoms with Crippen LogP contribution in [-0.2, 0) is 10.8 Å². The molecule has 0 aliphatic rings. The summed E-state index contributed by atoms with van der Waals surface area (Å²) in [6, 6.07) is 6.61. The van der Waals surface area contributed by atoms with Gasteiger partial charge in [-0.25, -0.2) is 4.79 Å². The molecule has 2 amide bonds. The summed E-state index contributed by atoms with van der Waals surface area (Å²) < 4.78 is 16.6. The van der Waals surface area contributed by atoms with Crippen LogP contribution >= 0.6 is 0 Å². The van der Waals surface area contributed by atoms with Gasteiger partial charge in [-0.2, -0.15) is 0 Å². The fourth-order valence-electron chi connectivity index (χ4n) is 1.76. The minimum Gasteiger partial charge on any atom is -0.497 e. The summed E-state index contributed by atoms with van der Waals surface area (Å²) in [6.45, 7) is 6.12. The van der Waals surface area contributed by atoms with Crippen LogP contribution in [0.15, 0.2) is 24.3 Å². The van der Waals surface area contributed by atoms with Crippen molar-refractivity contribution in [2.75, 3.05) is 26.0 Å². The molecule has 7 heteroatoms. The number of methoxy groups -OCH3 is 1. The van der Waals surface area contributed by atoms with Crippen molar-refractivity contribution in [1.29, 1.82) is 0 Å². The van der Waals surface area contributed by atoms with Gasteiger partial charge >= 0.3 is 6.03 Å². The van der Waals surface area contributed by atoms with E-state index in [-0.39, 0.29) is 17.3 Å². The first kappa shape index (κ1) is 19.4. The molecule has 0 unspecified atom stereocenters. The standard InChI is InChI=1S/C16H26N2O4S/c1-16(2,3)23(21)10-9-17-15(20)18-11-14(19)12-5-7-13(22-4)8-6-12/h5-8,14,19H,9-11H2,1-4H3,(H2,17,18,20)/t14-,23-/m1/s1. The number of nitrogens with one attached hydrogen (secondary N) is 2. The van der Waals surface area contributed by atoms with Crippen LogP contribution in [0.5, 0.6) is 5.75 Å². The second-order valence-corrected chi connectivity index (χ2v) is 8.41. The summed E-state index contributed by atoms with van der Waals surface area (Å²) in [5.74, 6) is 1.11. The zero-order chi connectivity index (χ0) is 17.5. The van der Waals surface area contributed by atoms with E-state index < -0.39 is 16.9 Å². The van der Waals surface area contributed by atoms with Crippen molar-refractivity contribution in [3.63, 3.8) is 0 Å². The summed E-state index contributed by atoms with van der Waals surface area (Å²) in [6.07, 6.45) is -0.796. The van der Waals surface area contributed by atoms with Crippen molar-refractivity contribution in [1.82, 2.24) is 10.6 Å². The Kier molecular flexibility index (Phi) is 7.51. The number of aliphatic hydroxyl groups is 1. The van der Waals surface area contributed by atoms with Crippen molar-refractivity contribution in [3.8, 4) is 5.75 Å². The molecule has 0 fully saturated rings. The van der Waals surface area contributed by atoms with Crippen molar-refractivity contribution in [2.45, 2.75) is 31.6 Å². The number of hydrogen-bond donors (Lipinski definition) is 3.